The summed E-state index contributed by atoms with van der Waals surface area (Å²) in [4.78, 5) is 19.3. The molecule has 0 bridgehead atoms. The molecular formula is C20H21N3O3. The van der Waals surface area contributed by atoms with Crippen LogP contribution in [0, 0.1) is 5.92 Å². The summed E-state index contributed by atoms with van der Waals surface area (Å²) in [6.45, 7) is 2.27. The van der Waals surface area contributed by atoms with Gasteiger partial charge in [-0.15, -0.1) is 0 Å². The molecule has 4 rings (SSSR count). The largest absolute Gasteiger partial charge is 0.459 e. The molecule has 1 fully saturated rings. The highest BCUT2D eigenvalue weighted by molar-refractivity contribution is 5.83. The number of nitrogens with zero attached hydrogens (tertiary/aromatic N) is 3. The Bertz CT molecular complexity index is 842. The minimum absolute atomic E-state index is 0.0698. The van der Waals surface area contributed by atoms with Gasteiger partial charge in [-0.3, -0.25) is 9.69 Å². The van der Waals surface area contributed by atoms with Gasteiger partial charge in [-0.25, -0.2) is 0 Å². The SMILES string of the molecule is O=C(Cc1ccccc1)[C@@H]1CCCN(Cc2noc(-c3ccco3)n2)C1. The highest BCUT2D eigenvalue weighted by Crippen LogP contribution is 2.22. The van der Waals surface area contributed by atoms with Crippen molar-refractivity contribution in [2.24, 2.45) is 5.92 Å². The number of benzene rings is 1. The maximum Gasteiger partial charge on any atom is 0.293 e. The van der Waals surface area contributed by atoms with Crippen LogP contribution in [0.5, 0.6) is 0 Å². The van der Waals surface area contributed by atoms with E-state index in [1.165, 1.54) is 0 Å². The van der Waals surface area contributed by atoms with Gasteiger partial charge in [0.15, 0.2) is 11.6 Å². The van der Waals surface area contributed by atoms with Crippen molar-refractivity contribution in [3.63, 3.8) is 0 Å². The molecule has 0 radical (unpaired) electrons. The molecule has 1 aliphatic rings. The maximum absolute atomic E-state index is 12.6. The first-order chi connectivity index (χ1) is 12.8. The van der Waals surface area contributed by atoms with E-state index in [0.29, 0.717) is 36.2 Å². The number of rotatable bonds is 6. The lowest BCUT2D eigenvalue weighted by atomic mass is 9.90. The molecule has 134 valence electrons. The Balaban J connectivity index is 1.35. The summed E-state index contributed by atoms with van der Waals surface area (Å²) in [6, 6.07) is 13.5. The number of likely N-dealkylation sites (tertiary alicyclic amines) is 1. The zero-order chi connectivity index (χ0) is 17.8. The molecule has 0 N–H and O–H groups in total. The molecule has 1 atom stereocenters. The van der Waals surface area contributed by atoms with Crippen LogP contribution in [-0.2, 0) is 17.8 Å². The van der Waals surface area contributed by atoms with Gasteiger partial charge in [0.05, 0.1) is 12.8 Å². The van der Waals surface area contributed by atoms with Gasteiger partial charge in [0.25, 0.3) is 5.89 Å². The molecule has 3 heterocycles. The molecule has 3 aromatic rings. The third-order valence-corrected chi connectivity index (χ3v) is 4.75. The zero-order valence-electron chi connectivity index (χ0n) is 14.5. The molecule has 1 aliphatic heterocycles. The summed E-state index contributed by atoms with van der Waals surface area (Å²) < 4.78 is 10.5. The third kappa shape index (κ3) is 3.91. The predicted molar refractivity (Wildman–Crippen MR) is 95.2 cm³/mol. The van der Waals surface area contributed by atoms with Gasteiger partial charge in [-0.2, -0.15) is 4.98 Å². The van der Waals surface area contributed by atoms with Crippen molar-refractivity contribution in [2.75, 3.05) is 13.1 Å². The number of ketones is 1. The molecule has 1 saturated heterocycles. The Labute approximate surface area is 151 Å². The van der Waals surface area contributed by atoms with Gasteiger partial charge >= 0.3 is 0 Å². The second-order valence-electron chi connectivity index (χ2n) is 6.70. The van der Waals surface area contributed by atoms with Crippen LogP contribution in [0.2, 0.25) is 0 Å². The first-order valence-corrected chi connectivity index (χ1v) is 8.93. The Morgan fingerprint density at radius 1 is 1.19 bits per heavy atom. The first kappa shape index (κ1) is 16.7. The summed E-state index contributed by atoms with van der Waals surface area (Å²) in [6.07, 6.45) is 4.04. The van der Waals surface area contributed by atoms with Crippen molar-refractivity contribution in [3.05, 3.63) is 60.1 Å². The molecule has 2 aromatic heterocycles. The predicted octanol–water partition coefficient (Wildman–Crippen LogP) is 3.35. The second kappa shape index (κ2) is 7.66. The van der Waals surface area contributed by atoms with E-state index >= 15 is 0 Å². The van der Waals surface area contributed by atoms with Crippen molar-refractivity contribution >= 4 is 5.78 Å². The highest BCUT2D eigenvalue weighted by Gasteiger charge is 2.26. The summed E-state index contributed by atoms with van der Waals surface area (Å²) in [5.74, 6) is 1.95. The van der Waals surface area contributed by atoms with Gasteiger partial charge < -0.3 is 8.94 Å². The summed E-state index contributed by atoms with van der Waals surface area (Å²) in [7, 11) is 0. The average molecular weight is 351 g/mol. The van der Waals surface area contributed by atoms with E-state index < -0.39 is 0 Å². The van der Waals surface area contributed by atoms with E-state index in [1.54, 1.807) is 18.4 Å². The van der Waals surface area contributed by atoms with E-state index in [-0.39, 0.29) is 5.92 Å². The zero-order valence-corrected chi connectivity index (χ0v) is 14.5. The number of Topliss-reactive ketones (excluding diaryl/α,β-unsaturated/α-hetero) is 1. The molecule has 0 unspecified atom stereocenters. The number of furan rings is 1. The second-order valence-corrected chi connectivity index (χ2v) is 6.70. The van der Waals surface area contributed by atoms with Gasteiger partial charge in [0, 0.05) is 18.9 Å². The normalized spacial score (nSPS) is 18.1. The Hall–Kier alpha value is -2.73. The van der Waals surface area contributed by atoms with Crippen LogP contribution in [-0.4, -0.2) is 33.9 Å². The third-order valence-electron chi connectivity index (χ3n) is 4.75. The van der Waals surface area contributed by atoms with E-state index in [4.69, 9.17) is 8.94 Å². The Morgan fingerprint density at radius 3 is 2.88 bits per heavy atom. The van der Waals surface area contributed by atoms with Crippen LogP contribution >= 0.6 is 0 Å². The van der Waals surface area contributed by atoms with Crippen molar-refractivity contribution in [1.82, 2.24) is 15.0 Å². The number of carbonyl (C=O) groups is 1. The molecule has 0 amide bonds. The number of piperidine rings is 1. The van der Waals surface area contributed by atoms with Crippen LogP contribution in [0.1, 0.15) is 24.2 Å². The molecule has 0 aliphatic carbocycles. The van der Waals surface area contributed by atoms with E-state index in [1.807, 2.05) is 30.3 Å². The van der Waals surface area contributed by atoms with Crippen molar-refractivity contribution in [1.29, 1.82) is 0 Å². The topological polar surface area (TPSA) is 72.4 Å². The lowest BCUT2D eigenvalue weighted by molar-refractivity contribution is -0.124. The Morgan fingerprint density at radius 2 is 2.08 bits per heavy atom. The van der Waals surface area contributed by atoms with Crippen molar-refractivity contribution < 1.29 is 13.7 Å². The molecule has 0 saturated carbocycles. The molecular weight excluding hydrogens is 330 g/mol. The average Bonchev–Trinajstić information content (AvgIpc) is 3.34. The van der Waals surface area contributed by atoms with E-state index in [2.05, 4.69) is 15.0 Å². The van der Waals surface area contributed by atoms with Crippen molar-refractivity contribution in [2.45, 2.75) is 25.8 Å². The smallest absolute Gasteiger partial charge is 0.293 e. The number of aromatic nitrogens is 2. The van der Waals surface area contributed by atoms with E-state index in [9.17, 15) is 4.79 Å². The van der Waals surface area contributed by atoms with Crippen LogP contribution in [0.4, 0.5) is 0 Å². The summed E-state index contributed by atoms with van der Waals surface area (Å²) in [5, 5.41) is 4.03. The molecule has 1 aromatic carbocycles. The fraction of sp³-hybridized carbons (Fsp3) is 0.350. The molecule has 6 nitrogen and oxygen atoms in total. The van der Waals surface area contributed by atoms with Crippen molar-refractivity contribution in [3.8, 4) is 11.7 Å². The fourth-order valence-electron chi connectivity index (χ4n) is 3.42. The summed E-state index contributed by atoms with van der Waals surface area (Å²) >= 11 is 0. The van der Waals surface area contributed by atoms with Crippen LogP contribution in [0.15, 0.2) is 57.7 Å². The first-order valence-electron chi connectivity index (χ1n) is 8.93. The van der Waals surface area contributed by atoms with Crippen LogP contribution in [0.25, 0.3) is 11.7 Å². The molecule has 6 heteroatoms. The van der Waals surface area contributed by atoms with Gasteiger partial charge in [-0.05, 0) is 37.1 Å². The number of hydrogen-bond acceptors (Lipinski definition) is 6. The number of hydrogen-bond donors (Lipinski definition) is 0. The van der Waals surface area contributed by atoms with Gasteiger partial charge in [0.1, 0.15) is 5.78 Å². The lowest BCUT2D eigenvalue weighted by Gasteiger charge is -2.31. The minimum Gasteiger partial charge on any atom is -0.459 e. The Kier molecular flexibility index (Phi) is 4.93. The monoisotopic (exact) mass is 351 g/mol. The summed E-state index contributed by atoms with van der Waals surface area (Å²) in [5.41, 5.74) is 1.08. The molecule has 0 spiro atoms. The maximum atomic E-state index is 12.6. The molecule has 26 heavy (non-hydrogen) atoms. The van der Waals surface area contributed by atoms with Crippen LogP contribution < -0.4 is 0 Å². The van der Waals surface area contributed by atoms with Gasteiger partial charge in [-0.1, -0.05) is 35.5 Å². The minimum atomic E-state index is 0.0698. The van der Waals surface area contributed by atoms with Crippen LogP contribution in [0.3, 0.4) is 0 Å². The number of carbonyl (C=O) groups excluding carboxylic acids is 1. The standard InChI is InChI=1S/C20H21N3O3/c24-17(12-15-6-2-1-3-7-15)16-8-4-10-23(13-16)14-19-21-20(26-22-19)18-9-5-11-25-18/h1-3,5-7,9,11,16H,4,8,10,12-14H2/t16-/m1/s1. The quantitative estimate of drug-likeness (QED) is 0.678. The van der Waals surface area contributed by atoms with Gasteiger partial charge in [0.2, 0.25) is 0 Å². The van der Waals surface area contributed by atoms with E-state index in [0.717, 1.165) is 31.5 Å². The fourth-order valence-corrected chi connectivity index (χ4v) is 3.42. The lowest BCUT2D eigenvalue weighted by Crippen LogP contribution is -2.39. The highest BCUT2D eigenvalue weighted by atomic mass is 16.5.